The number of aromatic nitrogens is 2. The third-order valence-corrected chi connectivity index (χ3v) is 4.65. The monoisotopic (exact) mass is 399 g/mol. The van der Waals surface area contributed by atoms with Crippen LogP contribution >= 0.6 is 0 Å². The summed E-state index contributed by atoms with van der Waals surface area (Å²) in [6.07, 6.45) is 0. The van der Waals surface area contributed by atoms with E-state index in [0.717, 1.165) is 11.4 Å². The highest BCUT2D eigenvalue weighted by Gasteiger charge is 2.20. The highest BCUT2D eigenvalue weighted by atomic mass is 16.5. The summed E-state index contributed by atoms with van der Waals surface area (Å²) < 4.78 is 7.03. The van der Waals surface area contributed by atoms with Crippen molar-refractivity contribution in [2.45, 2.75) is 13.8 Å². The van der Waals surface area contributed by atoms with Gasteiger partial charge in [-0.15, -0.1) is 0 Å². The predicted octanol–water partition coefficient (Wildman–Crippen LogP) is 4.61. The van der Waals surface area contributed by atoms with Gasteiger partial charge in [0.2, 0.25) is 0 Å². The highest BCUT2D eigenvalue weighted by Crippen LogP contribution is 2.26. The van der Waals surface area contributed by atoms with Gasteiger partial charge in [0, 0.05) is 23.1 Å². The molecule has 0 radical (unpaired) electrons. The number of rotatable bonds is 5. The fourth-order valence-electron chi connectivity index (χ4n) is 3.41. The number of nitrogens with zero attached hydrogens (tertiary/aromatic N) is 2. The number of anilines is 2. The van der Waals surface area contributed by atoms with E-state index in [4.69, 9.17) is 4.74 Å². The zero-order valence-corrected chi connectivity index (χ0v) is 16.8. The van der Waals surface area contributed by atoms with E-state index in [0.29, 0.717) is 17.2 Å². The minimum Gasteiger partial charge on any atom is -0.462 e. The van der Waals surface area contributed by atoms with Crippen molar-refractivity contribution < 1.29 is 9.53 Å². The second kappa shape index (κ2) is 8.21. The Bertz CT molecular complexity index is 1270. The number of nitrogens with one attached hydrogen (secondary N) is 1. The summed E-state index contributed by atoms with van der Waals surface area (Å²) in [4.78, 5) is 30.3. The van der Waals surface area contributed by atoms with E-state index < -0.39 is 5.97 Å². The van der Waals surface area contributed by atoms with Crippen LogP contribution < -0.4 is 10.7 Å². The van der Waals surface area contributed by atoms with Gasteiger partial charge in [-0.1, -0.05) is 36.4 Å². The molecule has 0 amide bonds. The van der Waals surface area contributed by atoms with E-state index in [1.165, 1.54) is 6.07 Å². The normalized spacial score (nSPS) is 10.7. The smallest absolute Gasteiger partial charge is 0.339 e. The van der Waals surface area contributed by atoms with Crippen molar-refractivity contribution in [2.75, 3.05) is 11.9 Å². The number of benzene rings is 2. The van der Waals surface area contributed by atoms with Gasteiger partial charge in [-0.3, -0.25) is 9.36 Å². The van der Waals surface area contributed by atoms with E-state index in [2.05, 4.69) is 10.3 Å². The van der Waals surface area contributed by atoms with Crippen LogP contribution in [-0.4, -0.2) is 22.1 Å². The van der Waals surface area contributed by atoms with Crippen molar-refractivity contribution in [1.82, 2.24) is 9.55 Å². The van der Waals surface area contributed by atoms with Crippen LogP contribution in [0.15, 0.2) is 77.6 Å². The van der Waals surface area contributed by atoms with Gasteiger partial charge in [0.1, 0.15) is 5.82 Å². The molecule has 0 aliphatic carbocycles. The Morgan fingerprint density at radius 2 is 1.70 bits per heavy atom. The van der Waals surface area contributed by atoms with E-state index in [1.54, 1.807) is 19.9 Å². The Kier molecular flexibility index (Phi) is 5.30. The number of hydrogen-bond donors (Lipinski definition) is 1. The molecule has 0 saturated carbocycles. The molecule has 0 bridgehead atoms. The minimum absolute atomic E-state index is 0.222. The number of hydrogen-bond acceptors (Lipinski definition) is 5. The van der Waals surface area contributed by atoms with Crippen molar-refractivity contribution in [3.63, 3.8) is 0 Å². The van der Waals surface area contributed by atoms with Crippen molar-refractivity contribution in [1.29, 1.82) is 0 Å². The lowest BCUT2D eigenvalue weighted by molar-refractivity contribution is 0.0528. The molecule has 150 valence electrons. The standard InChI is InChI=1S/C24H21N3O3/c1-3-30-24(29)19-14-16(2)25-23-22(19)20(28)15-21(26-17-10-6-4-7-11-17)27(23)18-12-8-5-9-13-18/h4-15,26H,3H2,1-2H3. The molecule has 2 aromatic carbocycles. The zero-order valence-electron chi connectivity index (χ0n) is 16.8. The third kappa shape index (κ3) is 3.67. The first kappa shape index (κ1) is 19.4. The summed E-state index contributed by atoms with van der Waals surface area (Å²) in [6.45, 7) is 3.75. The number of aryl methyl sites for hydroxylation is 1. The van der Waals surface area contributed by atoms with E-state index >= 15 is 0 Å². The maximum Gasteiger partial charge on any atom is 0.339 e. The Hall–Kier alpha value is -3.93. The van der Waals surface area contributed by atoms with Crippen molar-refractivity contribution in [3.05, 3.63) is 94.3 Å². The molecule has 6 nitrogen and oxygen atoms in total. The van der Waals surface area contributed by atoms with Crippen LogP contribution in [0.2, 0.25) is 0 Å². The summed E-state index contributed by atoms with van der Waals surface area (Å²) in [6, 6.07) is 22.3. The van der Waals surface area contributed by atoms with Gasteiger partial charge in [0.05, 0.1) is 17.6 Å². The summed E-state index contributed by atoms with van der Waals surface area (Å²) in [5, 5.41) is 3.54. The molecule has 0 unspecified atom stereocenters. The molecule has 2 aromatic heterocycles. The number of para-hydroxylation sites is 2. The molecule has 0 spiro atoms. The van der Waals surface area contributed by atoms with E-state index in [1.807, 2.05) is 65.2 Å². The van der Waals surface area contributed by atoms with Crippen LogP contribution in [-0.2, 0) is 4.74 Å². The predicted molar refractivity (Wildman–Crippen MR) is 118 cm³/mol. The Morgan fingerprint density at radius 3 is 2.37 bits per heavy atom. The molecule has 6 heteroatoms. The van der Waals surface area contributed by atoms with Gasteiger partial charge >= 0.3 is 5.97 Å². The SMILES string of the molecule is CCOC(=O)c1cc(C)nc2c1c(=O)cc(Nc1ccccc1)n2-c1ccccc1. The molecule has 0 aliphatic rings. The van der Waals surface area contributed by atoms with Gasteiger partial charge in [0.25, 0.3) is 0 Å². The highest BCUT2D eigenvalue weighted by molar-refractivity contribution is 6.03. The maximum atomic E-state index is 13.1. The number of fused-ring (bicyclic) bond motifs is 1. The molecule has 0 aliphatic heterocycles. The molecule has 1 N–H and O–H groups in total. The van der Waals surface area contributed by atoms with Crippen LogP contribution in [0.1, 0.15) is 23.0 Å². The van der Waals surface area contributed by atoms with Gasteiger partial charge in [-0.05, 0) is 44.2 Å². The van der Waals surface area contributed by atoms with Crippen LogP contribution in [0.25, 0.3) is 16.7 Å². The number of ether oxygens (including phenoxy) is 1. The molecule has 0 saturated heterocycles. The first-order valence-electron chi connectivity index (χ1n) is 9.70. The van der Waals surface area contributed by atoms with Crippen LogP contribution in [0.3, 0.4) is 0 Å². The van der Waals surface area contributed by atoms with Crippen LogP contribution in [0, 0.1) is 6.92 Å². The lowest BCUT2D eigenvalue weighted by Crippen LogP contribution is -2.18. The quantitative estimate of drug-likeness (QED) is 0.496. The van der Waals surface area contributed by atoms with Gasteiger partial charge in [-0.2, -0.15) is 0 Å². The lowest BCUT2D eigenvalue weighted by atomic mass is 10.1. The number of pyridine rings is 2. The molecular formula is C24H21N3O3. The molecule has 4 rings (SSSR count). The summed E-state index contributed by atoms with van der Waals surface area (Å²) in [7, 11) is 0. The fourth-order valence-corrected chi connectivity index (χ4v) is 3.41. The van der Waals surface area contributed by atoms with Gasteiger partial charge < -0.3 is 10.1 Å². The molecule has 0 fully saturated rings. The van der Waals surface area contributed by atoms with Crippen molar-refractivity contribution >= 4 is 28.5 Å². The average Bonchev–Trinajstić information content (AvgIpc) is 2.74. The molecule has 30 heavy (non-hydrogen) atoms. The summed E-state index contributed by atoms with van der Waals surface area (Å²) in [5.41, 5.74) is 2.58. The topological polar surface area (TPSA) is 73.2 Å². The molecule has 2 heterocycles. The van der Waals surface area contributed by atoms with Crippen LogP contribution in [0.4, 0.5) is 11.5 Å². The largest absolute Gasteiger partial charge is 0.462 e. The lowest BCUT2D eigenvalue weighted by Gasteiger charge is -2.19. The second-order valence-electron chi connectivity index (χ2n) is 6.79. The number of esters is 1. The Balaban J connectivity index is 2.05. The van der Waals surface area contributed by atoms with Gasteiger partial charge in [-0.25, -0.2) is 9.78 Å². The number of carbonyl (C=O) groups excluding carboxylic acids is 1. The third-order valence-electron chi connectivity index (χ3n) is 4.65. The first-order chi connectivity index (χ1) is 14.6. The molecule has 0 atom stereocenters. The maximum absolute atomic E-state index is 13.1. The zero-order chi connectivity index (χ0) is 21.1. The first-order valence-corrected chi connectivity index (χ1v) is 9.70. The average molecular weight is 399 g/mol. The summed E-state index contributed by atoms with van der Waals surface area (Å²) in [5.74, 6) is 0.0197. The number of carbonyl (C=O) groups is 1. The van der Waals surface area contributed by atoms with Crippen molar-refractivity contribution in [3.8, 4) is 5.69 Å². The fraction of sp³-hybridized carbons (Fsp3) is 0.125. The second-order valence-corrected chi connectivity index (χ2v) is 6.79. The molecular weight excluding hydrogens is 378 g/mol. The van der Waals surface area contributed by atoms with Crippen molar-refractivity contribution in [2.24, 2.45) is 0 Å². The summed E-state index contributed by atoms with van der Waals surface area (Å²) >= 11 is 0. The Labute approximate surface area is 173 Å². The van der Waals surface area contributed by atoms with E-state index in [-0.39, 0.29) is 23.0 Å². The van der Waals surface area contributed by atoms with Gasteiger partial charge in [0.15, 0.2) is 11.1 Å². The van der Waals surface area contributed by atoms with E-state index in [9.17, 15) is 9.59 Å². The molecule has 4 aromatic rings. The van der Waals surface area contributed by atoms with Crippen LogP contribution in [0.5, 0.6) is 0 Å². The Morgan fingerprint density at radius 1 is 1.03 bits per heavy atom. The minimum atomic E-state index is -0.534.